The number of carbonyl (C=O) groups is 4. The summed E-state index contributed by atoms with van der Waals surface area (Å²) in [4.78, 5) is 46.5. The lowest BCUT2D eigenvalue weighted by Crippen LogP contribution is -2.33. The van der Waals surface area contributed by atoms with E-state index < -0.39 is 5.91 Å². The smallest absolute Gasteiger partial charge is 0.262 e. The maximum absolute atomic E-state index is 12.2. The Kier molecular flexibility index (Phi) is 8.56. The van der Waals surface area contributed by atoms with Crippen LogP contribution in [0.3, 0.4) is 0 Å². The van der Waals surface area contributed by atoms with Crippen LogP contribution in [0, 0.1) is 0 Å². The molecule has 164 valence electrons. The summed E-state index contributed by atoms with van der Waals surface area (Å²) in [5, 5.41) is 7.94. The van der Waals surface area contributed by atoms with Crippen molar-refractivity contribution < 1.29 is 28.7 Å². The Labute approximate surface area is 180 Å². The van der Waals surface area contributed by atoms with E-state index in [0.717, 1.165) is 0 Å². The molecule has 2 rings (SSSR count). The predicted octanol–water partition coefficient (Wildman–Crippen LogP) is 1.78. The molecule has 0 aliphatic heterocycles. The summed E-state index contributed by atoms with van der Waals surface area (Å²) in [5.41, 5.74) is 1.41. The minimum Gasteiger partial charge on any atom is -0.493 e. The van der Waals surface area contributed by atoms with E-state index in [1.807, 2.05) is 0 Å². The molecule has 0 fully saturated rings. The molecule has 0 spiro atoms. The Morgan fingerprint density at radius 1 is 0.839 bits per heavy atom. The molecule has 0 atom stereocenters. The summed E-state index contributed by atoms with van der Waals surface area (Å²) in [6.07, 6.45) is 0. The number of benzene rings is 2. The van der Waals surface area contributed by atoms with Crippen molar-refractivity contribution in [2.45, 2.75) is 13.8 Å². The average Bonchev–Trinajstić information content (AvgIpc) is 2.75. The van der Waals surface area contributed by atoms with Crippen LogP contribution in [0.2, 0.25) is 0 Å². The minimum absolute atomic E-state index is 0.104. The normalized spacial score (nSPS) is 10.0. The molecular formula is C22H25N3O6. The Hall–Kier alpha value is -3.88. The SMILES string of the molecule is COc1cc(C(C)=O)ccc1OCC(=O)Nc1ccc(C(=O)NCCNC(C)=O)cc1. The second-order valence-electron chi connectivity index (χ2n) is 6.57. The Balaban J connectivity index is 1.85. The van der Waals surface area contributed by atoms with Crippen molar-refractivity contribution >= 4 is 29.2 Å². The van der Waals surface area contributed by atoms with Gasteiger partial charge < -0.3 is 25.4 Å². The molecular weight excluding hydrogens is 402 g/mol. The molecule has 0 unspecified atom stereocenters. The number of hydrogen-bond acceptors (Lipinski definition) is 6. The van der Waals surface area contributed by atoms with Crippen LogP contribution >= 0.6 is 0 Å². The van der Waals surface area contributed by atoms with Gasteiger partial charge in [0.05, 0.1) is 7.11 Å². The number of Topliss-reactive ketones (excluding diaryl/α,β-unsaturated/α-hetero) is 1. The molecule has 2 aromatic rings. The second kappa shape index (κ2) is 11.3. The second-order valence-corrected chi connectivity index (χ2v) is 6.57. The summed E-state index contributed by atoms with van der Waals surface area (Å²) >= 11 is 0. The topological polar surface area (TPSA) is 123 Å². The summed E-state index contributed by atoms with van der Waals surface area (Å²) in [6.45, 7) is 3.24. The lowest BCUT2D eigenvalue weighted by molar-refractivity contribution is -0.119. The molecule has 0 bridgehead atoms. The molecule has 3 N–H and O–H groups in total. The molecule has 31 heavy (non-hydrogen) atoms. The predicted molar refractivity (Wildman–Crippen MR) is 115 cm³/mol. The lowest BCUT2D eigenvalue weighted by Gasteiger charge is -2.12. The van der Waals surface area contributed by atoms with Gasteiger partial charge in [-0.05, 0) is 49.4 Å². The van der Waals surface area contributed by atoms with E-state index in [2.05, 4.69) is 16.0 Å². The first-order chi connectivity index (χ1) is 14.8. The maximum Gasteiger partial charge on any atom is 0.262 e. The molecule has 0 aliphatic rings. The number of ketones is 1. The number of nitrogens with one attached hydrogen (secondary N) is 3. The average molecular weight is 427 g/mol. The van der Waals surface area contributed by atoms with Crippen LogP contribution < -0.4 is 25.4 Å². The summed E-state index contributed by atoms with van der Waals surface area (Å²) in [6, 6.07) is 11.1. The third-order valence-electron chi connectivity index (χ3n) is 4.14. The van der Waals surface area contributed by atoms with Crippen LogP contribution in [0.4, 0.5) is 5.69 Å². The number of anilines is 1. The number of ether oxygens (including phenoxy) is 2. The van der Waals surface area contributed by atoms with Crippen LogP contribution in [-0.4, -0.2) is 50.3 Å². The van der Waals surface area contributed by atoms with E-state index in [0.29, 0.717) is 41.4 Å². The van der Waals surface area contributed by atoms with Gasteiger partial charge in [0.15, 0.2) is 23.9 Å². The van der Waals surface area contributed by atoms with Gasteiger partial charge in [0.1, 0.15) is 0 Å². The lowest BCUT2D eigenvalue weighted by atomic mass is 10.1. The highest BCUT2D eigenvalue weighted by molar-refractivity contribution is 5.96. The number of hydrogen-bond donors (Lipinski definition) is 3. The summed E-state index contributed by atoms with van der Waals surface area (Å²) in [7, 11) is 1.45. The van der Waals surface area contributed by atoms with Crippen molar-refractivity contribution in [1.82, 2.24) is 10.6 Å². The number of rotatable bonds is 10. The zero-order valence-corrected chi connectivity index (χ0v) is 17.6. The molecule has 0 radical (unpaired) electrons. The molecule has 0 aliphatic carbocycles. The third-order valence-corrected chi connectivity index (χ3v) is 4.14. The summed E-state index contributed by atoms with van der Waals surface area (Å²) in [5.74, 6) is -0.251. The van der Waals surface area contributed by atoms with Crippen LogP contribution in [0.15, 0.2) is 42.5 Å². The van der Waals surface area contributed by atoms with Crippen molar-refractivity contribution in [3.63, 3.8) is 0 Å². The standard InChI is InChI=1S/C22H25N3O6/c1-14(26)17-6-9-19(20(12-17)30-3)31-13-21(28)25-18-7-4-16(5-8-18)22(29)24-11-10-23-15(2)27/h4-9,12H,10-11,13H2,1-3H3,(H,23,27)(H,24,29)(H,25,28). The van der Waals surface area contributed by atoms with E-state index in [9.17, 15) is 19.2 Å². The largest absolute Gasteiger partial charge is 0.493 e. The van der Waals surface area contributed by atoms with Gasteiger partial charge in [-0.25, -0.2) is 0 Å². The van der Waals surface area contributed by atoms with Crippen molar-refractivity contribution in [3.05, 3.63) is 53.6 Å². The van der Waals surface area contributed by atoms with Crippen LogP contribution in [0.5, 0.6) is 11.5 Å². The monoisotopic (exact) mass is 427 g/mol. The van der Waals surface area contributed by atoms with Gasteiger partial charge >= 0.3 is 0 Å². The zero-order valence-electron chi connectivity index (χ0n) is 17.6. The van der Waals surface area contributed by atoms with E-state index in [-0.39, 0.29) is 24.2 Å². The van der Waals surface area contributed by atoms with Crippen molar-refractivity contribution in [3.8, 4) is 11.5 Å². The van der Waals surface area contributed by atoms with Crippen LogP contribution in [0.25, 0.3) is 0 Å². The van der Waals surface area contributed by atoms with Gasteiger partial charge in [0.25, 0.3) is 11.8 Å². The number of carbonyl (C=O) groups excluding carboxylic acids is 4. The molecule has 9 nitrogen and oxygen atoms in total. The quantitative estimate of drug-likeness (QED) is 0.392. The fourth-order valence-electron chi connectivity index (χ4n) is 2.57. The highest BCUT2D eigenvalue weighted by Crippen LogP contribution is 2.28. The van der Waals surface area contributed by atoms with Gasteiger partial charge in [0.2, 0.25) is 5.91 Å². The third kappa shape index (κ3) is 7.46. The zero-order chi connectivity index (χ0) is 22.8. The van der Waals surface area contributed by atoms with Crippen molar-refractivity contribution in [1.29, 1.82) is 0 Å². The fraction of sp³-hybridized carbons (Fsp3) is 0.273. The Morgan fingerprint density at radius 3 is 2.10 bits per heavy atom. The molecule has 0 saturated heterocycles. The van der Waals surface area contributed by atoms with Gasteiger partial charge in [-0.1, -0.05) is 0 Å². The van der Waals surface area contributed by atoms with E-state index in [1.165, 1.54) is 21.0 Å². The molecule has 2 aromatic carbocycles. The summed E-state index contributed by atoms with van der Waals surface area (Å²) < 4.78 is 10.7. The van der Waals surface area contributed by atoms with Gasteiger partial charge in [0, 0.05) is 36.8 Å². The van der Waals surface area contributed by atoms with Crippen molar-refractivity contribution in [2.75, 3.05) is 32.1 Å². The minimum atomic E-state index is -0.398. The highest BCUT2D eigenvalue weighted by atomic mass is 16.5. The highest BCUT2D eigenvalue weighted by Gasteiger charge is 2.11. The molecule has 0 heterocycles. The Morgan fingerprint density at radius 2 is 1.48 bits per heavy atom. The molecule has 9 heteroatoms. The van der Waals surface area contributed by atoms with Gasteiger partial charge in [-0.3, -0.25) is 19.2 Å². The van der Waals surface area contributed by atoms with Gasteiger partial charge in [-0.15, -0.1) is 0 Å². The molecule has 0 aromatic heterocycles. The molecule has 0 saturated carbocycles. The van der Waals surface area contributed by atoms with E-state index in [1.54, 1.807) is 42.5 Å². The number of amides is 3. The maximum atomic E-state index is 12.2. The first-order valence-electron chi connectivity index (χ1n) is 9.54. The fourth-order valence-corrected chi connectivity index (χ4v) is 2.57. The first kappa shape index (κ1) is 23.4. The van der Waals surface area contributed by atoms with E-state index in [4.69, 9.17) is 9.47 Å². The van der Waals surface area contributed by atoms with Crippen LogP contribution in [-0.2, 0) is 9.59 Å². The van der Waals surface area contributed by atoms with Crippen molar-refractivity contribution in [2.24, 2.45) is 0 Å². The van der Waals surface area contributed by atoms with Crippen LogP contribution in [0.1, 0.15) is 34.6 Å². The Bertz CT molecular complexity index is 956. The van der Waals surface area contributed by atoms with E-state index >= 15 is 0 Å². The number of methoxy groups -OCH3 is 1. The van der Waals surface area contributed by atoms with Gasteiger partial charge in [-0.2, -0.15) is 0 Å². The first-order valence-corrected chi connectivity index (χ1v) is 9.54. The molecule has 3 amide bonds.